The minimum absolute atomic E-state index is 0.182. The van der Waals surface area contributed by atoms with Crippen molar-refractivity contribution in [3.05, 3.63) is 81.4 Å². The van der Waals surface area contributed by atoms with Gasteiger partial charge in [-0.2, -0.15) is 0 Å². The van der Waals surface area contributed by atoms with Crippen LogP contribution in [0.3, 0.4) is 0 Å². The first-order valence-corrected chi connectivity index (χ1v) is 10.9. The van der Waals surface area contributed by atoms with Gasteiger partial charge in [-0.15, -0.1) is 0 Å². The van der Waals surface area contributed by atoms with E-state index in [2.05, 4.69) is 0 Å². The zero-order valence-electron chi connectivity index (χ0n) is 17.1. The minimum atomic E-state index is -0.347. The lowest BCUT2D eigenvalue weighted by Gasteiger charge is -2.13. The molecule has 158 valence electrons. The summed E-state index contributed by atoms with van der Waals surface area (Å²) >= 11 is 6.99. The highest BCUT2D eigenvalue weighted by Gasteiger charge is 2.35. The molecule has 5 nitrogen and oxygen atoms in total. The highest BCUT2D eigenvalue weighted by Crippen LogP contribution is 2.34. The predicted molar refractivity (Wildman–Crippen MR) is 123 cm³/mol. The maximum Gasteiger partial charge on any atom is 0.293 e. The Morgan fingerprint density at radius 2 is 1.94 bits per heavy atom. The molecule has 1 fully saturated rings. The summed E-state index contributed by atoms with van der Waals surface area (Å²) in [5.74, 6) is 1.51. The Morgan fingerprint density at radius 3 is 2.74 bits per heavy atom. The average Bonchev–Trinajstić information content (AvgIpc) is 3.30. The summed E-state index contributed by atoms with van der Waals surface area (Å²) in [5.41, 5.74) is 2.99. The fourth-order valence-corrected chi connectivity index (χ4v) is 4.23. The normalized spacial score (nSPS) is 15.2. The van der Waals surface area contributed by atoms with Gasteiger partial charge in [-0.1, -0.05) is 29.8 Å². The van der Waals surface area contributed by atoms with Gasteiger partial charge < -0.3 is 9.15 Å². The fraction of sp³-hybridized carbons (Fsp3) is 0.167. The molecule has 31 heavy (non-hydrogen) atoms. The van der Waals surface area contributed by atoms with Crippen LogP contribution in [0.5, 0.6) is 5.75 Å². The van der Waals surface area contributed by atoms with Gasteiger partial charge in [0.2, 0.25) is 0 Å². The summed E-state index contributed by atoms with van der Waals surface area (Å²) in [6, 6.07) is 16.8. The van der Waals surface area contributed by atoms with Crippen LogP contribution < -0.4 is 4.74 Å². The SMILES string of the molecule is Cc1cccc(OCCN2C(=O)S/C(=C\c3ccc(-c4cc(Cl)ccc4C)o3)C2=O)c1. The van der Waals surface area contributed by atoms with Gasteiger partial charge in [0.05, 0.1) is 11.4 Å². The van der Waals surface area contributed by atoms with Crippen LogP contribution in [0.4, 0.5) is 4.79 Å². The fourth-order valence-electron chi connectivity index (χ4n) is 3.22. The topological polar surface area (TPSA) is 59.8 Å². The van der Waals surface area contributed by atoms with Gasteiger partial charge in [0.1, 0.15) is 23.9 Å². The van der Waals surface area contributed by atoms with Crippen LogP contribution in [0.1, 0.15) is 16.9 Å². The number of imide groups is 1. The number of ether oxygens (including phenoxy) is 1. The molecule has 0 bridgehead atoms. The summed E-state index contributed by atoms with van der Waals surface area (Å²) < 4.78 is 11.5. The van der Waals surface area contributed by atoms with E-state index in [4.69, 9.17) is 20.8 Å². The molecule has 3 aromatic rings. The molecule has 2 aromatic carbocycles. The number of carbonyl (C=O) groups excluding carboxylic acids is 2. The van der Waals surface area contributed by atoms with Crippen LogP contribution in [0.15, 0.2) is 63.9 Å². The molecular weight excluding hydrogens is 434 g/mol. The highest BCUT2D eigenvalue weighted by molar-refractivity contribution is 8.18. The molecule has 2 amide bonds. The number of thioether (sulfide) groups is 1. The molecule has 4 rings (SSSR count). The van der Waals surface area contributed by atoms with Crippen LogP contribution in [0.25, 0.3) is 17.4 Å². The van der Waals surface area contributed by atoms with E-state index >= 15 is 0 Å². The Hall–Kier alpha value is -2.96. The van der Waals surface area contributed by atoms with Crippen molar-refractivity contribution in [1.82, 2.24) is 4.90 Å². The van der Waals surface area contributed by atoms with Crippen molar-refractivity contribution in [3.8, 4) is 17.1 Å². The number of hydrogen-bond donors (Lipinski definition) is 0. The molecule has 1 aliphatic rings. The molecule has 2 heterocycles. The van der Waals surface area contributed by atoms with Gasteiger partial charge in [0.15, 0.2) is 0 Å². The van der Waals surface area contributed by atoms with Gasteiger partial charge in [-0.25, -0.2) is 0 Å². The van der Waals surface area contributed by atoms with E-state index < -0.39 is 0 Å². The van der Waals surface area contributed by atoms with E-state index in [0.717, 1.165) is 28.5 Å². The number of aryl methyl sites for hydroxylation is 2. The van der Waals surface area contributed by atoms with Crippen molar-refractivity contribution in [2.24, 2.45) is 0 Å². The lowest BCUT2D eigenvalue weighted by molar-refractivity contribution is -0.123. The zero-order chi connectivity index (χ0) is 22.0. The Labute approximate surface area is 189 Å². The summed E-state index contributed by atoms with van der Waals surface area (Å²) in [6.07, 6.45) is 1.59. The number of halogens is 1. The third kappa shape index (κ3) is 4.86. The second kappa shape index (κ2) is 9.04. The Kier molecular flexibility index (Phi) is 6.20. The second-order valence-electron chi connectivity index (χ2n) is 7.16. The van der Waals surface area contributed by atoms with E-state index in [0.29, 0.717) is 27.2 Å². The van der Waals surface area contributed by atoms with E-state index in [1.807, 2.05) is 62.4 Å². The molecule has 0 radical (unpaired) electrons. The molecule has 0 aliphatic carbocycles. The maximum atomic E-state index is 12.7. The second-order valence-corrected chi connectivity index (χ2v) is 8.59. The molecule has 7 heteroatoms. The molecule has 0 atom stereocenters. The first kappa shape index (κ1) is 21.3. The van der Waals surface area contributed by atoms with Crippen LogP contribution in [0, 0.1) is 13.8 Å². The van der Waals surface area contributed by atoms with Crippen LogP contribution in [-0.4, -0.2) is 29.2 Å². The molecule has 0 spiro atoms. The number of benzene rings is 2. The standard InChI is InChI=1S/C24H20ClNO4S/c1-15-4-3-5-18(12-15)29-11-10-26-23(27)22(31-24(26)28)14-19-8-9-21(30-19)20-13-17(25)7-6-16(20)2/h3-9,12-14H,10-11H2,1-2H3/b22-14-. The molecule has 1 aromatic heterocycles. The largest absolute Gasteiger partial charge is 0.492 e. The van der Waals surface area contributed by atoms with Crippen molar-refractivity contribution in [1.29, 1.82) is 0 Å². The Morgan fingerprint density at radius 1 is 1.10 bits per heavy atom. The first-order chi connectivity index (χ1) is 14.9. The van der Waals surface area contributed by atoms with Gasteiger partial charge in [0.25, 0.3) is 11.1 Å². The number of amides is 2. The minimum Gasteiger partial charge on any atom is -0.492 e. The van der Waals surface area contributed by atoms with Crippen LogP contribution >= 0.6 is 23.4 Å². The van der Waals surface area contributed by atoms with Crippen LogP contribution in [0.2, 0.25) is 5.02 Å². The summed E-state index contributed by atoms with van der Waals surface area (Å²) in [6.45, 7) is 4.36. The van der Waals surface area contributed by atoms with E-state index in [1.54, 1.807) is 12.1 Å². The number of carbonyl (C=O) groups is 2. The van der Waals surface area contributed by atoms with Crippen molar-refractivity contribution < 1.29 is 18.7 Å². The lowest BCUT2D eigenvalue weighted by atomic mass is 10.1. The summed E-state index contributed by atoms with van der Waals surface area (Å²) in [4.78, 5) is 26.5. The molecule has 0 N–H and O–H groups in total. The third-order valence-corrected chi connectivity index (χ3v) is 5.95. The zero-order valence-corrected chi connectivity index (χ0v) is 18.6. The lowest BCUT2D eigenvalue weighted by Crippen LogP contribution is -2.32. The third-order valence-electron chi connectivity index (χ3n) is 4.81. The van der Waals surface area contributed by atoms with Crippen molar-refractivity contribution >= 4 is 40.6 Å². The average molecular weight is 454 g/mol. The molecule has 0 saturated carbocycles. The predicted octanol–water partition coefficient (Wildman–Crippen LogP) is 6.33. The molecular formula is C24H20ClNO4S. The van der Waals surface area contributed by atoms with Gasteiger partial charge in [-0.05, 0) is 73.1 Å². The van der Waals surface area contributed by atoms with Gasteiger partial charge in [-0.3, -0.25) is 14.5 Å². The molecule has 0 unspecified atom stereocenters. The number of nitrogens with zero attached hydrogens (tertiary/aromatic N) is 1. The van der Waals surface area contributed by atoms with Crippen molar-refractivity contribution in [2.75, 3.05) is 13.2 Å². The van der Waals surface area contributed by atoms with Crippen LogP contribution in [-0.2, 0) is 4.79 Å². The number of furan rings is 1. The monoisotopic (exact) mass is 453 g/mol. The molecule has 1 saturated heterocycles. The van der Waals surface area contributed by atoms with Gasteiger partial charge >= 0.3 is 0 Å². The summed E-state index contributed by atoms with van der Waals surface area (Å²) in [5, 5.41) is 0.300. The van der Waals surface area contributed by atoms with Crippen molar-refractivity contribution in [2.45, 2.75) is 13.8 Å². The van der Waals surface area contributed by atoms with E-state index in [-0.39, 0.29) is 24.3 Å². The van der Waals surface area contributed by atoms with E-state index in [9.17, 15) is 9.59 Å². The first-order valence-electron chi connectivity index (χ1n) is 9.72. The van der Waals surface area contributed by atoms with Crippen molar-refractivity contribution in [3.63, 3.8) is 0 Å². The highest BCUT2D eigenvalue weighted by atomic mass is 35.5. The number of hydrogen-bond acceptors (Lipinski definition) is 5. The Bertz CT molecular complexity index is 1180. The summed E-state index contributed by atoms with van der Waals surface area (Å²) in [7, 11) is 0. The smallest absolute Gasteiger partial charge is 0.293 e. The van der Waals surface area contributed by atoms with Gasteiger partial charge in [0, 0.05) is 16.7 Å². The Balaban J connectivity index is 1.43. The maximum absolute atomic E-state index is 12.7. The number of rotatable bonds is 6. The quantitative estimate of drug-likeness (QED) is 0.408. The molecule has 1 aliphatic heterocycles. The van der Waals surface area contributed by atoms with E-state index in [1.165, 1.54) is 4.90 Å².